The van der Waals surface area contributed by atoms with E-state index in [1.165, 1.54) is 25.6 Å². The molecule has 2 aromatic heterocycles. The van der Waals surface area contributed by atoms with E-state index in [2.05, 4.69) is 15.4 Å². The number of anilines is 1. The number of nitrogens with two attached hydrogens (primary N) is 1. The van der Waals surface area contributed by atoms with E-state index in [1.807, 2.05) is 38.1 Å². The Morgan fingerprint density at radius 2 is 1.97 bits per heavy atom. The van der Waals surface area contributed by atoms with Crippen molar-refractivity contribution in [1.29, 1.82) is 0 Å². The van der Waals surface area contributed by atoms with Crippen LogP contribution in [0.15, 0.2) is 48.8 Å². The molecule has 4 rings (SSSR count). The Balaban J connectivity index is 1.57. The van der Waals surface area contributed by atoms with Crippen molar-refractivity contribution in [3.8, 4) is 17.0 Å². The molecule has 0 atom stereocenters. The van der Waals surface area contributed by atoms with Crippen molar-refractivity contribution in [2.45, 2.75) is 26.3 Å². The van der Waals surface area contributed by atoms with Crippen LogP contribution in [0.25, 0.3) is 16.8 Å². The van der Waals surface area contributed by atoms with E-state index < -0.39 is 11.7 Å². The maximum absolute atomic E-state index is 14.1. The number of fused-ring (bicyclic) bond motifs is 1. The largest absolute Gasteiger partial charge is 0.496 e. The molecule has 0 bridgehead atoms. The maximum atomic E-state index is 14.1. The van der Waals surface area contributed by atoms with Crippen LogP contribution in [0, 0.1) is 5.82 Å². The van der Waals surface area contributed by atoms with Crippen molar-refractivity contribution in [3.63, 3.8) is 0 Å². The van der Waals surface area contributed by atoms with Crippen LogP contribution in [0.5, 0.6) is 5.75 Å². The second-order valence-corrected chi connectivity index (χ2v) is 7.58. The number of halogens is 1. The molecule has 3 N–H and O–H groups in total. The van der Waals surface area contributed by atoms with Crippen LogP contribution in [0.1, 0.15) is 41.5 Å². The minimum Gasteiger partial charge on any atom is -0.496 e. The lowest BCUT2D eigenvalue weighted by molar-refractivity contribution is 0.0943. The Morgan fingerprint density at radius 3 is 2.66 bits per heavy atom. The van der Waals surface area contributed by atoms with Crippen LogP contribution in [0.4, 0.5) is 10.2 Å². The van der Waals surface area contributed by atoms with Gasteiger partial charge in [0.05, 0.1) is 7.11 Å². The number of aromatic nitrogens is 4. The zero-order valence-electron chi connectivity index (χ0n) is 18.0. The first kappa shape index (κ1) is 21.2. The SMILES string of the molecule is COc1cccc(F)c1C(=O)NCc1ccc(-c2nc(C(C)C)n3ncnc(N)c23)cc1. The quantitative estimate of drug-likeness (QED) is 0.480. The van der Waals surface area contributed by atoms with Crippen LogP contribution < -0.4 is 15.8 Å². The van der Waals surface area contributed by atoms with Crippen molar-refractivity contribution in [3.05, 3.63) is 71.6 Å². The lowest BCUT2D eigenvalue weighted by Crippen LogP contribution is -2.24. The number of hydrogen-bond donors (Lipinski definition) is 2. The van der Waals surface area contributed by atoms with Crippen LogP contribution in [-0.2, 0) is 6.54 Å². The second-order valence-electron chi connectivity index (χ2n) is 7.58. The zero-order valence-corrected chi connectivity index (χ0v) is 18.0. The third kappa shape index (κ3) is 3.84. The molecular weight excluding hydrogens is 411 g/mol. The van der Waals surface area contributed by atoms with Gasteiger partial charge in [0.1, 0.15) is 40.5 Å². The lowest BCUT2D eigenvalue weighted by Gasteiger charge is -2.10. The highest BCUT2D eigenvalue weighted by Crippen LogP contribution is 2.30. The van der Waals surface area contributed by atoms with E-state index in [4.69, 9.17) is 15.5 Å². The summed E-state index contributed by atoms with van der Waals surface area (Å²) in [4.78, 5) is 21.3. The average molecular weight is 434 g/mol. The van der Waals surface area contributed by atoms with E-state index in [0.717, 1.165) is 17.0 Å². The van der Waals surface area contributed by atoms with Crippen molar-refractivity contribution in [2.24, 2.45) is 0 Å². The van der Waals surface area contributed by atoms with E-state index in [0.29, 0.717) is 17.0 Å². The topological polar surface area (TPSA) is 107 Å². The minimum absolute atomic E-state index is 0.118. The molecule has 0 aliphatic rings. The first-order chi connectivity index (χ1) is 15.4. The molecule has 0 radical (unpaired) electrons. The molecule has 2 heterocycles. The van der Waals surface area contributed by atoms with E-state index in [1.54, 1.807) is 10.6 Å². The maximum Gasteiger partial charge on any atom is 0.258 e. The van der Waals surface area contributed by atoms with Gasteiger partial charge in [0, 0.05) is 18.0 Å². The number of nitrogen functional groups attached to an aromatic ring is 1. The highest BCUT2D eigenvalue weighted by molar-refractivity contribution is 5.97. The fraction of sp³-hybridized carbons (Fsp3) is 0.217. The summed E-state index contributed by atoms with van der Waals surface area (Å²) in [6.45, 7) is 4.30. The van der Waals surface area contributed by atoms with Gasteiger partial charge in [-0.15, -0.1) is 0 Å². The molecule has 1 amide bonds. The molecule has 164 valence electrons. The normalized spacial score (nSPS) is 11.2. The first-order valence-corrected chi connectivity index (χ1v) is 10.1. The number of methoxy groups -OCH3 is 1. The first-order valence-electron chi connectivity index (χ1n) is 10.1. The van der Waals surface area contributed by atoms with Gasteiger partial charge in [0.2, 0.25) is 0 Å². The number of nitrogens with zero attached hydrogens (tertiary/aromatic N) is 4. The molecule has 2 aromatic carbocycles. The number of hydrogen-bond acceptors (Lipinski definition) is 6. The van der Waals surface area contributed by atoms with Crippen LogP contribution in [0.2, 0.25) is 0 Å². The molecule has 8 nitrogen and oxygen atoms in total. The predicted molar refractivity (Wildman–Crippen MR) is 119 cm³/mol. The summed E-state index contributed by atoms with van der Waals surface area (Å²) in [5.74, 6) is 0.296. The van der Waals surface area contributed by atoms with Crippen LogP contribution >= 0.6 is 0 Å². The molecular formula is C23H23FN6O2. The number of nitrogens with one attached hydrogen (secondary N) is 1. The van der Waals surface area contributed by atoms with Gasteiger partial charge in [0.15, 0.2) is 5.82 Å². The van der Waals surface area contributed by atoms with E-state index >= 15 is 0 Å². The van der Waals surface area contributed by atoms with Crippen molar-refractivity contribution in [2.75, 3.05) is 12.8 Å². The average Bonchev–Trinajstić information content (AvgIpc) is 3.19. The fourth-order valence-electron chi connectivity index (χ4n) is 3.50. The molecule has 0 spiro atoms. The fourth-order valence-corrected chi connectivity index (χ4v) is 3.50. The highest BCUT2D eigenvalue weighted by Gasteiger charge is 2.19. The smallest absolute Gasteiger partial charge is 0.258 e. The van der Waals surface area contributed by atoms with Crippen molar-refractivity contribution >= 4 is 17.2 Å². The predicted octanol–water partition coefficient (Wildman–Crippen LogP) is 3.57. The molecule has 4 aromatic rings. The van der Waals surface area contributed by atoms with Crippen LogP contribution in [-0.4, -0.2) is 32.6 Å². The molecule has 32 heavy (non-hydrogen) atoms. The zero-order chi connectivity index (χ0) is 22.8. The van der Waals surface area contributed by atoms with Crippen molar-refractivity contribution < 1.29 is 13.9 Å². The summed E-state index contributed by atoms with van der Waals surface area (Å²) < 4.78 is 20.9. The minimum atomic E-state index is -0.635. The Labute approximate surface area is 184 Å². The third-order valence-electron chi connectivity index (χ3n) is 5.11. The lowest BCUT2D eigenvalue weighted by atomic mass is 10.1. The number of ether oxygens (including phenoxy) is 1. The van der Waals surface area contributed by atoms with Gasteiger partial charge in [-0.2, -0.15) is 5.10 Å². The molecule has 0 fully saturated rings. The van der Waals surface area contributed by atoms with Crippen LogP contribution in [0.3, 0.4) is 0 Å². The van der Waals surface area contributed by atoms with Gasteiger partial charge in [-0.1, -0.05) is 44.2 Å². The molecule has 0 unspecified atom stereocenters. The van der Waals surface area contributed by atoms with E-state index in [-0.39, 0.29) is 23.8 Å². The molecule has 0 saturated carbocycles. The summed E-state index contributed by atoms with van der Waals surface area (Å²) in [6.07, 6.45) is 1.41. The number of carbonyl (C=O) groups excluding carboxylic acids is 1. The van der Waals surface area contributed by atoms with Gasteiger partial charge in [-0.3, -0.25) is 4.79 Å². The molecule has 0 saturated heterocycles. The number of amides is 1. The number of imidazole rings is 1. The van der Waals surface area contributed by atoms with Gasteiger partial charge >= 0.3 is 0 Å². The summed E-state index contributed by atoms with van der Waals surface area (Å²) in [5.41, 5.74) is 9.03. The number of carbonyl (C=O) groups is 1. The Kier molecular flexibility index (Phi) is 5.72. The summed E-state index contributed by atoms with van der Waals surface area (Å²) >= 11 is 0. The van der Waals surface area contributed by atoms with E-state index in [9.17, 15) is 9.18 Å². The Hall–Kier alpha value is -4.01. The molecule has 9 heteroatoms. The number of rotatable bonds is 6. The standard InChI is InChI=1S/C23H23FN6O2/c1-13(2)22-29-19(20-21(25)27-12-28-30(20)22)15-9-7-14(8-10-15)11-26-23(31)18-16(24)5-4-6-17(18)32-3/h4-10,12-13H,11H2,1-3H3,(H,26,31)(H2,25,27,28). The molecule has 0 aliphatic carbocycles. The highest BCUT2D eigenvalue weighted by atomic mass is 19.1. The van der Waals surface area contributed by atoms with Gasteiger partial charge in [-0.05, 0) is 17.7 Å². The van der Waals surface area contributed by atoms with Gasteiger partial charge in [-0.25, -0.2) is 18.9 Å². The second kappa shape index (κ2) is 8.62. The summed E-state index contributed by atoms with van der Waals surface area (Å²) in [7, 11) is 1.40. The molecule has 0 aliphatic heterocycles. The summed E-state index contributed by atoms with van der Waals surface area (Å²) in [6, 6.07) is 11.8. The third-order valence-corrected chi connectivity index (χ3v) is 5.11. The number of benzene rings is 2. The summed E-state index contributed by atoms with van der Waals surface area (Å²) in [5, 5.41) is 7.03. The van der Waals surface area contributed by atoms with Gasteiger partial charge in [0.25, 0.3) is 5.91 Å². The Morgan fingerprint density at radius 1 is 1.22 bits per heavy atom. The van der Waals surface area contributed by atoms with Crippen molar-refractivity contribution in [1.82, 2.24) is 24.9 Å². The monoisotopic (exact) mass is 434 g/mol. The Bertz CT molecular complexity index is 1280. The van der Waals surface area contributed by atoms with Gasteiger partial charge < -0.3 is 15.8 Å².